The van der Waals surface area contributed by atoms with Gasteiger partial charge in [-0.15, -0.1) is 0 Å². The van der Waals surface area contributed by atoms with Crippen molar-refractivity contribution in [3.63, 3.8) is 0 Å². The number of esters is 1. The zero-order valence-corrected chi connectivity index (χ0v) is 17.0. The summed E-state index contributed by atoms with van der Waals surface area (Å²) in [6, 6.07) is 11.2. The number of carbonyl (C=O) groups is 2. The number of carbonyl (C=O) groups excluding carboxylic acids is 2. The quantitative estimate of drug-likeness (QED) is 0.500. The maximum atomic E-state index is 13.3. The molecule has 0 unspecified atom stereocenters. The molecular formula is C22H20F3N3O4. The van der Waals surface area contributed by atoms with Crippen LogP contribution in [0.3, 0.4) is 0 Å². The molecule has 0 saturated carbocycles. The number of aromatic amines is 1. The molecule has 0 aliphatic heterocycles. The van der Waals surface area contributed by atoms with E-state index in [1.54, 1.807) is 37.3 Å². The average Bonchev–Trinajstić information content (AvgIpc) is 2.73. The molecule has 0 atom stereocenters. The lowest BCUT2D eigenvalue weighted by Crippen LogP contribution is -2.34. The molecule has 0 aliphatic carbocycles. The summed E-state index contributed by atoms with van der Waals surface area (Å²) in [5.41, 5.74) is 0.230. The van der Waals surface area contributed by atoms with E-state index in [0.29, 0.717) is 23.7 Å². The Kier molecular flexibility index (Phi) is 6.82. The molecule has 7 nitrogen and oxygen atoms in total. The van der Waals surface area contributed by atoms with Gasteiger partial charge < -0.3 is 20.4 Å². The van der Waals surface area contributed by atoms with Gasteiger partial charge in [0.1, 0.15) is 6.54 Å². The molecule has 0 radical (unpaired) electrons. The van der Waals surface area contributed by atoms with Crippen molar-refractivity contribution in [2.75, 3.05) is 18.5 Å². The Morgan fingerprint density at radius 2 is 1.72 bits per heavy atom. The minimum absolute atomic E-state index is 0.0776. The number of anilines is 1. The van der Waals surface area contributed by atoms with Crippen LogP contribution in [0.4, 0.5) is 23.7 Å². The van der Waals surface area contributed by atoms with E-state index in [0.717, 1.165) is 5.56 Å². The summed E-state index contributed by atoms with van der Waals surface area (Å²) in [6.07, 6.45) is -4.30. The first kappa shape index (κ1) is 22.9. The number of halogens is 3. The zero-order chi connectivity index (χ0) is 23.3. The van der Waals surface area contributed by atoms with Gasteiger partial charge >= 0.3 is 18.2 Å². The Morgan fingerprint density at radius 3 is 2.38 bits per heavy atom. The number of aromatic nitrogens is 1. The number of ether oxygens (including phenoxy) is 1. The van der Waals surface area contributed by atoms with E-state index in [1.807, 2.05) is 0 Å². The summed E-state index contributed by atoms with van der Waals surface area (Å²) in [5.74, 6) is -0.550. The highest BCUT2D eigenvalue weighted by Crippen LogP contribution is 2.33. The molecule has 1 heterocycles. The number of fused-ring (bicyclic) bond motifs is 1. The van der Waals surface area contributed by atoms with Crippen LogP contribution in [0, 0.1) is 0 Å². The molecule has 3 aromatic rings. The Morgan fingerprint density at radius 1 is 1.03 bits per heavy atom. The summed E-state index contributed by atoms with van der Waals surface area (Å²) in [6.45, 7) is 1.62. The molecule has 0 spiro atoms. The standard InChI is InChI=1S/C22H20F3N3O4/c1-2-32-20(30)12-26-21(31)27-15-6-3-13(4-7-15)9-14-5-8-18-16(10-14)17(22(23,24)25)11-19(29)28-18/h3-8,10-11H,2,9,12H2,1H3,(H,28,29)(H2,26,27,31). The van der Waals surface area contributed by atoms with Crippen molar-refractivity contribution >= 4 is 28.6 Å². The molecule has 0 bridgehead atoms. The molecule has 2 aromatic carbocycles. The summed E-state index contributed by atoms with van der Waals surface area (Å²) in [7, 11) is 0. The molecule has 168 valence electrons. The van der Waals surface area contributed by atoms with E-state index in [1.165, 1.54) is 12.1 Å². The number of pyridine rings is 1. The van der Waals surface area contributed by atoms with Gasteiger partial charge in [-0.3, -0.25) is 9.59 Å². The monoisotopic (exact) mass is 447 g/mol. The van der Waals surface area contributed by atoms with Crippen LogP contribution >= 0.6 is 0 Å². The van der Waals surface area contributed by atoms with E-state index >= 15 is 0 Å². The van der Waals surface area contributed by atoms with Crippen LogP contribution in [0.1, 0.15) is 23.6 Å². The number of hydrogen-bond acceptors (Lipinski definition) is 4. The van der Waals surface area contributed by atoms with Gasteiger partial charge in [0.2, 0.25) is 5.56 Å². The third-order valence-electron chi connectivity index (χ3n) is 4.53. The molecular weight excluding hydrogens is 427 g/mol. The molecule has 2 amide bonds. The Bertz CT molecular complexity index is 1190. The Labute approximate surface area is 180 Å². The van der Waals surface area contributed by atoms with Crippen LogP contribution in [-0.4, -0.2) is 30.1 Å². The van der Waals surface area contributed by atoms with Gasteiger partial charge in [0.15, 0.2) is 0 Å². The average molecular weight is 447 g/mol. The number of nitrogens with one attached hydrogen (secondary N) is 3. The fraction of sp³-hybridized carbons (Fsp3) is 0.227. The fourth-order valence-corrected chi connectivity index (χ4v) is 3.13. The lowest BCUT2D eigenvalue weighted by atomic mass is 10.0. The SMILES string of the molecule is CCOC(=O)CNC(=O)Nc1ccc(Cc2ccc3[nH]c(=O)cc(C(F)(F)F)c3c2)cc1. The highest BCUT2D eigenvalue weighted by molar-refractivity contribution is 5.91. The highest BCUT2D eigenvalue weighted by atomic mass is 19.4. The normalized spacial score (nSPS) is 11.2. The predicted octanol–water partition coefficient (Wildman–Crippen LogP) is 3.82. The summed E-state index contributed by atoms with van der Waals surface area (Å²) in [5, 5.41) is 4.86. The molecule has 0 fully saturated rings. The number of urea groups is 1. The number of H-pyrrole nitrogens is 1. The van der Waals surface area contributed by atoms with Crippen LogP contribution in [0.2, 0.25) is 0 Å². The first-order valence-corrected chi connectivity index (χ1v) is 9.68. The van der Waals surface area contributed by atoms with Crippen molar-refractivity contribution in [3.05, 3.63) is 75.6 Å². The summed E-state index contributed by atoms with van der Waals surface area (Å²) >= 11 is 0. The largest absolute Gasteiger partial charge is 0.465 e. The molecule has 32 heavy (non-hydrogen) atoms. The number of benzene rings is 2. The van der Waals surface area contributed by atoms with Crippen molar-refractivity contribution in [1.82, 2.24) is 10.3 Å². The molecule has 10 heteroatoms. The molecule has 3 rings (SSSR count). The van der Waals surface area contributed by atoms with Crippen molar-refractivity contribution in [2.24, 2.45) is 0 Å². The van der Waals surface area contributed by atoms with E-state index in [9.17, 15) is 27.6 Å². The molecule has 0 saturated heterocycles. The minimum Gasteiger partial charge on any atom is -0.465 e. The van der Waals surface area contributed by atoms with E-state index in [2.05, 4.69) is 15.6 Å². The topological polar surface area (TPSA) is 100 Å². The second kappa shape index (κ2) is 9.54. The number of rotatable bonds is 6. The van der Waals surface area contributed by atoms with Crippen LogP contribution in [-0.2, 0) is 22.1 Å². The number of alkyl halides is 3. The van der Waals surface area contributed by atoms with Gasteiger partial charge in [0, 0.05) is 22.7 Å². The predicted molar refractivity (Wildman–Crippen MR) is 112 cm³/mol. The maximum Gasteiger partial charge on any atom is 0.417 e. The van der Waals surface area contributed by atoms with Crippen molar-refractivity contribution in [2.45, 2.75) is 19.5 Å². The maximum absolute atomic E-state index is 13.3. The van der Waals surface area contributed by atoms with Gasteiger partial charge in [-0.05, 0) is 48.7 Å². The Hall–Kier alpha value is -3.82. The second-order valence-electron chi connectivity index (χ2n) is 6.91. The van der Waals surface area contributed by atoms with Crippen LogP contribution in [0.15, 0.2) is 53.3 Å². The fourth-order valence-electron chi connectivity index (χ4n) is 3.13. The molecule has 1 aromatic heterocycles. The summed E-state index contributed by atoms with van der Waals surface area (Å²) < 4.78 is 44.7. The smallest absolute Gasteiger partial charge is 0.417 e. The van der Waals surface area contributed by atoms with Crippen LogP contribution in [0.25, 0.3) is 10.9 Å². The van der Waals surface area contributed by atoms with Gasteiger partial charge in [-0.25, -0.2) is 4.79 Å². The van der Waals surface area contributed by atoms with Crippen LogP contribution < -0.4 is 16.2 Å². The van der Waals surface area contributed by atoms with Crippen LogP contribution in [0.5, 0.6) is 0 Å². The first-order chi connectivity index (χ1) is 15.2. The minimum atomic E-state index is -4.65. The van der Waals surface area contributed by atoms with Crippen molar-refractivity contribution < 1.29 is 27.5 Å². The van der Waals surface area contributed by atoms with Crippen molar-refractivity contribution in [3.8, 4) is 0 Å². The van der Waals surface area contributed by atoms with Crippen molar-refractivity contribution in [1.29, 1.82) is 0 Å². The number of amides is 2. The van der Waals surface area contributed by atoms with Gasteiger partial charge in [-0.1, -0.05) is 18.2 Å². The summed E-state index contributed by atoms with van der Waals surface area (Å²) in [4.78, 5) is 37.0. The van der Waals surface area contributed by atoms with Gasteiger partial charge in [0.25, 0.3) is 0 Å². The highest BCUT2D eigenvalue weighted by Gasteiger charge is 2.33. The van der Waals surface area contributed by atoms with Gasteiger partial charge in [-0.2, -0.15) is 13.2 Å². The second-order valence-corrected chi connectivity index (χ2v) is 6.91. The lowest BCUT2D eigenvalue weighted by molar-refractivity contribution is -0.141. The third-order valence-corrected chi connectivity index (χ3v) is 4.53. The lowest BCUT2D eigenvalue weighted by Gasteiger charge is -2.12. The van der Waals surface area contributed by atoms with Gasteiger partial charge in [0.05, 0.1) is 12.2 Å². The number of hydrogen-bond donors (Lipinski definition) is 3. The Balaban J connectivity index is 1.70. The molecule has 0 aliphatic rings. The zero-order valence-electron chi connectivity index (χ0n) is 17.0. The van der Waals surface area contributed by atoms with E-state index in [4.69, 9.17) is 4.74 Å². The third kappa shape index (κ3) is 5.87. The molecule has 3 N–H and O–H groups in total. The van der Waals surface area contributed by atoms with E-state index < -0.39 is 29.3 Å². The van der Waals surface area contributed by atoms with E-state index in [-0.39, 0.29) is 24.1 Å². The first-order valence-electron chi connectivity index (χ1n) is 9.68.